The summed E-state index contributed by atoms with van der Waals surface area (Å²) in [6, 6.07) is 17.7. The number of carbonyl (C=O) groups is 1. The first-order valence-corrected chi connectivity index (χ1v) is 11.2. The van der Waals surface area contributed by atoms with Crippen molar-refractivity contribution in [2.75, 3.05) is 32.3 Å². The highest BCUT2D eigenvalue weighted by Crippen LogP contribution is 2.26. The van der Waals surface area contributed by atoms with E-state index < -0.39 is 0 Å². The van der Waals surface area contributed by atoms with Crippen molar-refractivity contribution in [3.63, 3.8) is 0 Å². The summed E-state index contributed by atoms with van der Waals surface area (Å²) >= 11 is 1.39. The Balaban J connectivity index is 1.76. The summed E-state index contributed by atoms with van der Waals surface area (Å²) in [6.07, 6.45) is 0.918. The Morgan fingerprint density at radius 2 is 1.94 bits per heavy atom. The molecule has 0 aliphatic heterocycles. The lowest BCUT2D eigenvalue weighted by Gasteiger charge is -2.23. The molecule has 2 aromatic carbocycles. The number of hydrogen-bond acceptors (Lipinski definition) is 6. The average molecular weight is 440 g/mol. The van der Waals surface area contributed by atoms with Gasteiger partial charge in [-0.05, 0) is 38.2 Å². The van der Waals surface area contributed by atoms with Crippen LogP contribution in [-0.2, 0) is 11.3 Å². The van der Waals surface area contributed by atoms with E-state index in [1.165, 1.54) is 17.3 Å². The van der Waals surface area contributed by atoms with Gasteiger partial charge in [-0.25, -0.2) is 0 Å². The van der Waals surface area contributed by atoms with Gasteiger partial charge in [0.15, 0.2) is 11.0 Å². The van der Waals surface area contributed by atoms with Crippen LogP contribution in [0.1, 0.15) is 30.8 Å². The molecule has 1 heterocycles. The van der Waals surface area contributed by atoms with E-state index in [1.54, 1.807) is 13.2 Å². The van der Waals surface area contributed by atoms with Crippen molar-refractivity contribution in [2.45, 2.75) is 31.1 Å². The van der Waals surface area contributed by atoms with Crippen molar-refractivity contribution in [3.05, 3.63) is 66.0 Å². The van der Waals surface area contributed by atoms with Gasteiger partial charge < -0.3 is 14.6 Å². The summed E-state index contributed by atoms with van der Waals surface area (Å²) in [5.74, 6) is 1.75. The highest BCUT2D eigenvalue weighted by molar-refractivity contribution is 7.99. The minimum absolute atomic E-state index is 0.103. The Labute approximate surface area is 187 Å². The van der Waals surface area contributed by atoms with Gasteiger partial charge in [0.2, 0.25) is 5.91 Å². The van der Waals surface area contributed by atoms with E-state index in [-0.39, 0.29) is 17.7 Å². The first kappa shape index (κ1) is 22.8. The van der Waals surface area contributed by atoms with E-state index in [4.69, 9.17) is 4.74 Å². The number of anilines is 1. The van der Waals surface area contributed by atoms with Gasteiger partial charge in [-0.15, -0.1) is 10.2 Å². The predicted octanol–water partition coefficient (Wildman–Crippen LogP) is 4.08. The van der Waals surface area contributed by atoms with Crippen molar-refractivity contribution in [1.82, 2.24) is 19.7 Å². The minimum atomic E-state index is -0.103. The molecule has 3 rings (SSSR count). The van der Waals surface area contributed by atoms with Gasteiger partial charge in [0.25, 0.3) is 0 Å². The minimum Gasteiger partial charge on any atom is -0.497 e. The summed E-state index contributed by atoms with van der Waals surface area (Å²) in [7, 11) is 5.69. The highest BCUT2D eigenvalue weighted by atomic mass is 32.2. The number of ether oxygens (including phenoxy) is 1. The lowest BCUT2D eigenvalue weighted by molar-refractivity contribution is -0.113. The average Bonchev–Trinajstić information content (AvgIpc) is 3.15. The third kappa shape index (κ3) is 6.08. The molecule has 0 aliphatic carbocycles. The standard InChI is InChI=1S/C23H29N5O2S/c1-5-20(27(2)3)22-25-26-23(28(22)15-17-10-7-6-8-11-17)31-16-21(29)24-18-12-9-13-19(14-18)30-4/h6-14,20H,5,15-16H2,1-4H3,(H,24,29)/t20-/m1/s1. The van der Waals surface area contributed by atoms with E-state index in [9.17, 15) is 4.79 Å². The fraction of sp³-hybridized carbons (Fsp3) is 0.348. The van der Waals surface area contributed by atoms with Crippen LogP contribution in [0.5, 0.6) is 5.75 Å². The zero-order valence-corrected chi connectivity index (χ0v) is 19.2. The second-order valence-electron chi connectivity index (χ2n) is 7.37. The molecule has 1 amide bonds. The van der Waals surface area contributed by atoms with Crippen LogP contribution in [0.3, 0.4) is 0 Å². The number of hydrogen-bond donors (Lipinski definition) is 1. The first-order chi connectivity index (χ1) is 15.0. The normalized spacial score (nSPS) is 12.0. The smallest absolute Gasteiger partial charge is 0.234 e. The molecule has 0 unspecified atom stereocenters. The lowest BCUT2D eigenvalue weighted by Crippen LogP contribution is -2.23. The maximum atomic E-state index is 12.5. The largest absolute Gasteiger partial charge is 0.497 e. The zero-order chi connectivity index (χ0) is 22.2. The van der Waals surface area contributed by atoms with Crippen LogP contribution in [-0.4, -0.2) is 52.5 Å². The molecule has 0 saturated heterocycles. The molecule has 0 fully saturated rings. The molecule has 0 radical (unpaired) electrons. The number of carbonyl (C=O) groups excluding carboxylic acids is 1. The fourth-order valence-electron chi connectivity index (χ4n) is 3.37. The van der Waals surface area contributed by atoms with Crippen LogP contribution >= 0.6 is 11.8 Å². The molecular formula is C23H29N5O2S. The van der Waals surface area contributed by atoms with Crippen LogP contribution < -0.4 is 10.1 Å². The monoisotopic (exact) mass is 439 g/mol. The zero-order valence-electron chi connectivity index (χ0n) is 18.4. The topological polar surface area (TPSA) is 72.3 Å². The maximum absolute atomic E-state index is 12.5. The molecular weight excluding hydrogens is 410 g/mol. The van der Waals surface area contributed by atoms with Crippen LogP contribution in [0, 0.1) is 0 Å². The van der Waals surface area contributed by atoms with Crippen LogP contribution in [0.4, 0.5) is 5.69 Å². The van der Waals surface area contributed by atoms with E-state index in [2.05, 4.69) is 44.0 Å². The number of nitrogens with one attached hydrogen (secondary N) is 1. The number of thioether (sulfide) groups is 1. The number of amides is 1. The first-order valence-electron chi connectivity index (χ1n) is 10.2. The van der Waals surface area contributed by atoms with E-state index in [0.717, 1.165) is 17.4 Å². The van der Waals surface area contributed by atoms with Gasteiger partial charge in [-0.2, -0.15) is 0 Å². The lowest BCUT2D eigenvalue weighted by atomic mass is 10.2. The molecule has 3 aromatic rings. The Morgan fingerprint density at radius 1 is 1.16 bits per heavy atom. The molecule has 7 nitrogen and oxygen atoms in total. The Hall–Kier alpha value is -2.84. The molecule has 8 heteroatoms. The van der Waals surface area contributed by atoms with Crippen molar-refractivity contribution < 1.29 is 9.53 Å². The van der Waals surface area contributed by atoms with Gasteiger partial charge in [0.1, 0.15) is 5.75 Å². The summed E-state index contributed by atoms with van der Waals surface area (Å²) < 4.78 is 7.33. The van der Waals surface area contributed by atoms with E-state index in [1.807, 2.05) is 50.5 Å². The van der Waals surface area contributed by atoms with Gasteiger partial charge in [0, 0.05) is 11.8 Å². The van der Waals surface area contributed by atoms with Crippen LogP contribution in [0.25, 0.3) is 0 Å². The van der Waals surface area contributed by atoms with Crippen molar-refractivity contribution in [1.29, 1.82) is 0 Å². The molecule has 1 aromatic heterocycles. The summed E-state index contributed by atoms with van der Waals surface area (Å²) in [4.78, 5) is 14.7. The second-order valence-corrected chi connectivity index (χ2v) is 8.31. The summed E-state index contributed by atoms with van der Waals surface area (Å²) in [5.41, 5.74) is 1.87. The number of benzene rings is 2. The Morgan fingerprint density at radius 3 is 2.61 bits per heavy atom. The maximum Gasteiger partial charge on any atom is 0.234 e. The third-order valence-corrected chi connectivity index (χ3v) is 5.89. The van der Waals surface area contributed by atoms with Gasteiger partial charge >= 0.3 is 0 Å². The van der Waals surface area contributed by atoms with Gasteiger partial charge in [-0.1, -0.05) is 55.1 Å². The molecule has 0 spiro atoms. The number of aromatic nitrogens is 3. The summed E-state index contributed by atoms with van der Waals surface area (Å²) in [6.45, 7) is 2.80. The van der Waals surface area contributed by atoms with Crippen LogP contribution in [0.2, 0.25) is 0 Å². The van der Waals surface area contributed by atoms with Crippen molar-refractivity contribution in [2.24, 2.45) is 0 Å². The van der Waals surface area contributed by atoms with Gasteiger partial charge in [0.05, 0.1) is 25.4 Å². The Bertz CT molecular complexity index is 991. The van der Waals surface area contributed by atoms with E-state index in [0.29, 0.717) is 18.0 Å². The quantitative estimate of drug-likeness (QED) is 0.480. The second kappa shape index (κ2) is 11.0. The molecule has 31 heavy (non-hydrogen) atoms. The molecule has 1 N–H and O–H groups in total. The SMILES string of the molecule is CC[C@H](c1nnc(SCC(=O)Nc2cccc(OC)c2)n1Cc1ccccc1)N(C)C. The molecule has 0 saturated carbocycles. The van der Waals surface area contributed by atoms with Crippen molar-refractivity contribution >= 4 is 23.4 Å². The fourth-order valence-corrected chi connectivity index (χ4v) is 4.12. The van der Waals surface area contributed by atoms with E-state index >= 15 is 0 Å². The van der Waals surface area contributed by atoms with Crippen LogP contribution in [0.15, 0.2) is 59.8 Å². The molecule has 0 bridgehead atoms. The number of methoxy groups -OCH3 is 1. The Kier molecular flexibility index (Phi) is 8.08. The van der Waals surface area contributed by atoms with Crippen molar-refractivity contribution in [3.8, 4) is 5.75 Å². The third-order valence-electron chi connectivity index (χ3n) is 4.92. The highest BCUT2D eigenvalue weighted by Gasteiger charge is 2.22. The summed E-state index contributed by atoms with van der Waals surface area (Å²) in [5, 5.41) is 12.6. The molecule has 164 valence electrons. The molecule has 1 atom stereocenters. The number of nitrogens with zero attached hydrogens (tertiary/aromatic N) is 4. The molecule has 0 aliphatic rings. The predicted molar refractivity (Wildman–Crippen MR) is 125 cm³/mol. The van der Waals surface area contributed by atoms with Gasteiger partial charge in [-0.3, -0.25) is 9.69 Å². The number of rotatable bonds is 10.